The second-order valence-electron chi connectivity index (χ2n) is 23.2. The highest BCUT2D eigenvalue weighted by atomic mass is 14.4. The summed E-state index contributed by atoms with van der Waals surface area (Å²) < 4.78 is 0. The first kappa shape index (κ1) is 42.3. The summed E-state index contributed by atoms with van der Waals surface area (Å²) >= 11 is 0. The molecule has 70 heavy (non-hydrogen) atoms. The van der Waals surface area contributed by atoms with E-state index in [4.69, 9.17) is 0 Å². The van der Waals surface area contributed by atoms with E-state index in [1.165, 1.54) is 176 Å². The molecule has 0 atom stereocenters. The molecule has 10 aromatic carbocycles. The second-order valence-corrected chi connectivity index (χ2v) is 23.2. The molecule has 0 aromatic heterocycles. The van der Waals surface area contributed by atoms with Crippen LogP contribution in [-0.2, 0) is 0 Å². The maximum absolute atomic E-state index is 2.72. The number of fused-ring (bicyclic) bond motifs is 10. The van der Waals surface area contributed by atoms with Crippen molar-refractivity contribution in [3.8, 4) is 66.8 Å². The zero-order valence-electron chi connectivity index (χ0n) is 43.0. The molecule has 0 bridgehead atoms. The smallest absolute Gasteiger partial charge is 0.0661 e. The quantitative estimate of drug-likeness (QED) is 0.115. The van der Waals surface area contributed by atoms with Gasteiger partial charge in [-0.15, -0.1) is 0 Å². The molecule has 4 heterocycles. The Bertz CT molecular complexity index is 3700. The summed E-state index contributed by atoms with van der Waals surface area (Å²) in [6.45, 7) is 28.5. The molecule has 0 unspecified atom stereocenters. The van der Waals surface area contributed by atoms with E-state index in [-0.39, 0.29) is 13.4 Å². The minimum absolute atomic E-state index is 0.138. The first-order chi connectivity index (χ1) is 33.7. The maximum Gasteiger partial charge on any atom is 0.244 e. The van der Waals surface area contributed by atoms with Crippen molar-refractivity contribution in [3.05, 3.63) is 166 Å². The van der Waals surface area contributed by atoms with E-state index >= 15 is 0 Å². The fourth-order valence-corrected chi connectivity index (χ4v) is 14.4. The zero-order valence-corrected chi connectivity index (χ0v) is 43.0. The summed E-state index contributed by atoms with van der Waals surface area (Å²) in [5, 5.41) is 8.58. The lowest BCUT2D eigenvalue weighted by atomic mass is 9.34. The van der Waals surface area contributed by atoms with Crippen LogP contribution in [0.15, 0.2) is 121 Å². The largest absolute Gasteiger partial charge is 0.244 e. The highest BCUT2D eigenvalue weighted by molar-refractivity contribution is 7.03. The second kappa shape index (κ2) is 14.5. The number of hydrogen-bond donors (Lipinski definition) is 0. The van der Waals surface area contributed by atoms with Crippen molar-refractivity contribution in [3.63, 3.8) is 0 Å². The van der Waals surface area contributed by atoms with E-state index in [0.717, 1.165) is 0 Å². The average molecular weight is 899 g/mol. The van der Waals surface area contributed by atoms with Gasteiger partial charge in [0.15, 0.2) is 0 Å². The summed E-state index contributed by atoms with van der Waals surface area (Å²) in [4.78, 5) is 0. The molecule has 10 aromatic rings. The van der Waals surface area contributed by atoms with Gasteiger partial charge < -0.3 is 0 Å². The van der Waals surface area contributed by atoms with Crippen LogP contribution in [-0.4, -0.2) is 13.4 Å². The van der Waals surface area contributed by atoms with Crippen LogP contribution in [0.1, 0.15) is 124 Å². The number of benzene rings is 10. The number of hydrogen-bond acceptors (Lipinski definition) is 0. The van der Waals surface area contributed by atoms with Gasteiger partial charge in [0.05, 0.1) is 0 Å². The summed E-state index contributed by atoms with van der Waals surface area (Å²) in [5.41, 5.74) is 36.7. The molecular weight excluding hydrogens is 838 g/mol. The van der Waals surface area contributed by atoms with Crippen molar-refractivity contribution in [1.29, 1.82) is 0 Å². The molecule has 0 saturated carbocycles. The van der Waals surface area contributed by atoms with Gasteiger partial charge in [0.25, 0.3) is 0 Å². The van der Waals surface area contributed by atoms with Crippen molar-refractivity contribution in [2.75, 3.05) is 0 Å². The van der Waals surface area contributed by atoms with Gasteiger partial charge in [-0.3, -0.25) is 0 Å². The Balaban J connectivity index is 1.25. The Kier molecular flexibility index (Phi) is 8.74. The lowest BCUT2D eigenvalue weighted by Gasteiger charge is -2.33. The molecule has 2 heteroatoms. The van der Waals surface area contributed by atoms with Crippen LogP contribution in [0.25, 0.3) is 99.1 Å². The maximum atomic E-state index is 2.72. The molecule has 0 saturated heterocycles. The molecule has 0 nitrogen and oxygen atoms in total. The fourth-order valence-electron chi connectivity index (χ4n) is 14.4. The Morgan fingerprint density at radius 1 is 0.286 bits per heavy atom. The highest BCUT2D eigenvalue weighted by Crippen LogP contribution is 2.53. The van der Waals surface area contributed by atoms with Crippen molar-refractivity contribution in [2.24, 2.45) is 0 Å². The third kappa shape index (κ3) is 5.41. The fraction of sp³-hybridized carbons (Fsp3) is 0.235. The predicted octanol–water partition coefficient (Wildman–Crippen LogP) is 14.6. The topological polar surface area (TPSA) is 0 Å². The third-order valence-electron chi connectivity index (χ3n) is 17.9. The number of rotatable bonds is 6. The average Bonchev–Trinajstić information content (AvgIpc) is 3.85. The van der Waals surface area contributed by atoms with E-state index in [9.17, 15) is 0 Å². The molecule has 0 spiro atoms. The standard InChI is InChI=1S/C68H60B2/c1-33(2)41-19-21-57-45(23-41)53-25-43(35(5)6)27-55-49-29-47(61-37(9)15-13-16-38(61)10)52-32-60-64-50(56-28-44(36(7)8)26-54-46-24-42(34(3)4)20-22-58(46)70(60)68(54)56)30-48(62-39(11)17-14-18-40(62)12)51-31-59(69(57)67(53)55)63(49)65(52)66(51)64/h13-36H,1-12H3. The van der Waals surface area contributed by atoms with Gasteiger partial charge >= 0.3 is 0 Å². The molecule has 14 rings (SSSR count). The minimum atomic E-state index is 0.138. The van der Waals surface area contributed by atoms with E-state index < -0.39 is 0 Å². The summed E-state index contributed by atoms with van der Waals surface area (Å²) in [6.07, 6.45) is 0. The molecule has 338 valence electrons. The van der Waals surface area contributed by atoms with Crippen LogP contribution in [0.4, 0.5) is 0 Å². The van der Waals surface area contributed by atoms with Crippen LogP contribution in [0.3, 0.4) is 0 Å². The molecule has 0 fully saturated rings. The Morgan fingerprint density at radius 2 is 0.614 bits per heavy atom. The summed E-state index contributed by atoms with van der Waals surface area (Å²) in [6, 6.07) is 49.9. The molecular formula is C68H60B2. The van der Waals surface area contributed by atoms with Crippen LogP contribution >= 0.6 is 0 Å². The summed E-state index contributed by atoms with van der Waals surface area (Å²) in [7, 11) is 0. The Labute approximate surface area is 415 Å². The van der Waals surface area contributed by atoms with Crippen LogP contribution in [0.2, 0.25) is 0 Å². The van der Waals surface area contributed by atoms with Crippen LogP contribution < -0.4 is 32.8 Å². The molecule has 4 aliphatic heterocycles. The van der Waals surface area contributed by atoms with Gasteiger partial charge in [-0.2, -0.15) is 0 Å². The van der Waals surface area contributed by atoms with Crippen LogP contribution in [0.5, 0.6) is 0 Å². The van der Waals surface area contributed by atoms with Gasteiger partial charge in [0.1, 0.15) is 0 Å². The Morgan fingerprint density at radius 3 is 0.957 bits per heavy atom. The highest BCUT2D eigenvalue weighted by Gasteiger charge is 2.45. The zero-order chi connectivity index (χ0) is 48.1. The van der Waals surface area contributed by atoms with Crippen molar-refractivity contribution >= 4 is 78.5 Å². The summed E-state index contributed by atoms with van der Waals surface area (Å²) in [5.74, 6) is 1.69. The van der Waals surface area contributed by atoms with E-state index in [1.54, 1.807) is 0 Å². The van der Waals surface area contributed by atoms with Gasteiger partial charge in [0.2, 0.25) is 13.4 Å². The normalized spacial score (nSPS) is 13.6. The van der Waals surface area contributed by atoms with Gasteiger partial charge in [-0.1, -0.05) is 197 Å². The van der Waals surface area contributed by atoms with Crippen molar-refractivity contribution < 1.29 is 0 Å². The third-order valence-corrected chi connectivity index (χ3v) is 17.9. The molecule has 0 N–H and O–H groups in total. The van der Waals surface area contributed by atoms with Gasteiger partial charge in [0, 0.05) is 0 Å². The monoisotopic (exact) mass is 898 g/mol. The van der Waals surface area contributed by atoms with Crippen molar-refractivity contribution in [2.45, 2.75) is 107 Å². The molecule has 0 aliphatic carbocycles. The molecule has 4 aliphatic rings. The first-order valence-corrected chi connectivity index (χ1v) is 26.3. The molecule has 0 radical (unpaired) electrons. The predicted molar refractivity (Wildman–Crippen MR) is 307 cm³/mol. The van der Waals surface area contributed by atoms with E-state index in [1.807, 2.05) is 0 Å². The van der Waals surface area contributed by atoms with Crippen molar-refractivity contribution in [1.82, 2.24) is 0 Å². The lowest BCUT2D eigenvalue weighted by Crippen LogP contribution is -2.53. The SMILES string of the molecule is Cc1cccc(C)c1-c1cc2c3c(cc4c(-c5c(C)cccc5C)cc5c6c(cc1c3c46)B1c3ccc(C(C)C)cc3-c3cc(C(C)C)cc-5c31)B1c3ccc(C(C)C)cc3-c3cc(C(C)C)cc-2c31. The minimum Gasteiger partial charge on any atom is -0.0661 e. The lowest BCUT2D eigenvalue weighted by molar-refractivity contribution is 0.866. The first-order valence-electron chi connectivity index (χ1n) is 26.3. The van der Waals surface area contributed by atoms with E-state index in [2.05, 4.69) is 204 Å². The Hall–Kier alpha value is -6.63. The van der Waals surface area contributed by atoms with Gasteiger partial charge in [-0.25, -0.2) is 0 Å². The van der Waals surface area contributed by atoms with Gasteiger partial charge in [-0.05, 0) is 207 Å². The van der Waals surface area contributed by atoms with E-state index in [0.29, 0.717) is 23.7 Å². The van der Waals surface area contributed by atoms with Crippen LogP contribution in [0, 0.1) is 27.7 Å². The molecule has 0 amide bonds. The number of aryl methyl sites for hydroxylation is 4.